The second-order valence-corrected chi connectivity index (χ2v) is 19.7. The molecule has 6 heteroatoms. The molecule has 4 N–H and O–H groups in total. The highest BCUT2D eigenvalue weighted by Crippen LogP contribution is 2.38. The van der Waals surface area contributed by atoms with Crippen molar-refractivity contribution in [2.75, 3.05) is 34.5 Å². The van der Waals surface area contributed by atoms with E-state index in [2.05, 4.69) is 264 Å². The van der Waals surface area contributed by atoms with Crippen LogP contribution in [0.2, 0.25) is 0 Å². The highest BCUT2D eigenvalue weighted by molar-refractivity contribution is 6.03. The Hall–Kier alpha value is -10.0. The van der Waals surface area contributed by atoms with E-state index in [4.69, 9.17) is 9.47 Å². The highest BCUT2D eigenvalue weighted by atomic mass is 16.5. The third-order valence-electron chi connectivity index (χ3n) is 14.5. The number of hydrogen-bond donors (Lipinski definition) is 4. The summed E-state index contributed by atoms with van der Waals surface area (Å²) in [4.78, 5) is 0. The van der Waals surface area contributed by atoms with Gasteiger partial charge in [0.25, 0.3) is 0 Å². The van der Waals surface area contributed by atoms with E-state index in [1.807, 2.05) is 12.1 Å². The van der Waals surface area contributed by atoms with Crippen molar-refractivity contribution in [2.45, 2.75) is 0 Å². The Morgan fingerprint density at radius 3 is 0.711 bits per heavy atom. The summed E-state index contributed by atoms with van der Waals surface area (Å²) in [6.45, 7) is 0.607. The molecule has 0 saturated heterocycles. The van der Waals surface area contributed by atoms with Crippen LogP contribution < -0.4 is 30.7 Å². The van der Waals surface area contributed by atoms with Gasteiger partial charge >= 0.3 is 0 Å². The first-order valence-electron chi connectivity index (χ1n) is 25.8. The van der Waals surface area contributed by atoms with Gasteiger partial charge in [-0.1, -0.05) is 121 Å². The van der Waals surface area contributed by atoms with E-state index in [-0.39, 0.29) is 0 Å². The zero-order valence-corrected chi connectivity index (χ0v) is 41.5. The summed E-state index contributed by atoms with van der Waals surface area (Å²) in [6, 6.07) is 90.5. The van der Waals surface area contributed by atoms with Gasteiger partial charge in [-0.2, -0.15) is 0 Å². The Balaban J connectivity index is 0.746. The molecule has 0 amide bonds. The fourth-order valence-corrected chi connectivity index (χ4v) is 10.7. The van der Waals surface area contributed by atoms with Crippen LogP contribution in [-0.4, -0.2) is 13.2 Å². The van der Waals surface area contributed by atoms with Crippen LogP contribution in [0.3, 0.4) is 0 Å². The lowest BCUT2D eigenvalue weighted by Gasteiger charge is -2.18. The van der Waals surface area contributed by atoms with Crippen LogP contribution in [0.1, 0.15) is 0 Å². The van der Waals surface area contributed by atoms with Crippen molar-refractivity contribution < 1.29 is 9.47 Å². The molecule has 76 heavy (non-hydrogen) atoms. The van der Waals surface area contributed by atoms with Crippen LogP contribution in [0.25, 0.3) is 86.2 Å². The largest absolute Gasteiger partial charge is 0.488 e. The van der Waals surface area contributed by atoms with Gasteiger partial charge in [0, 0.05) is 34.1 Å². The summed E-state index contributed by atoms with van der Waals surface area (Å²) in [5.41, 5.74) is 7.46. The van der Waals surface area contributed by atoms with Crippen LogP contribution >= 0.6 is 0 Å². The van der Waals surface area contributed by atoms with E-state index in [0.29, 0.717) is 24.7 Å². The summed E-state index contributed by atoms with van der Waals surface area (Å²) in [5, 5.41) is 34.1. The van der Waals surface area contributed by atoms with Gasteiger partial charge in [0.2, 0.25) is 0 Å². The molecule has 0 aromatic heterocycles. The third kappa shape index (κ3) is 9.10. The Bertz CT molecular complexity index is 4280. The maximum absolute atomic E-state index is 6.64. The van der Waals surface area contributed by atoms with Gasteiger partial charge in [-0.05, 0) is 220 Å². The van der Waals surface area contributed by atoms with Crippen LogP contribution in [0.5, 0.6) is 11.5 Å². The van der Waals surface area contributed by atoms with Gasteiger partial charge in [-0.25, -0.2) is 0 Å². The van der Waals surface area contributed by atoms with E-state index in [1.54, 1.807) is 0 Å². The van der Waals surface area contributed by atoms with Crippen LogP contribution in [0, 0.1) is 0 Å². The summed E-state index contributed by atoms with van der Waals surface area (Å²) in [7, 11) is 0. The SMILES string of the molecule is c1ccc2cc3cc(Nc4ccc(OCCOc5ccc(Nc6ccc7cc8ccccc8cc7c6)cc5Nc5ccc6cc7ccccc7cc6c5)c(Nc5ccc6cc7ccccc7cc6c5)c4)ccc3cc2c1. The number of rotatable bonds is 13. The monoisotopic (exact) mass is 978 g/mol. The second-order valence-electron chi connectivity index (χ2n) is 19.7. The van der Waals surface area contributed by atoms with Crippen molar-refractivity contribution in [1.29, 1.82) is 0 Å². The molecular weight excluding hydrogens is 929 g/mol. The van der Waals surface area contributed by atoms with Crippen LogP contribution in [0.4, 0.5) is 45.5 Å². The fourth-order valence-electron chi connectivity index (χ4n) is 10.7. The minimum atomic E-state index is 0.304. The molecule has 0 aliphatic carbocycles. The van der Waals surface area contributed by atoms with Crippen molar-refractivity contribution in [3.05, 3.63) is 255 Å². The van der Waals surface area contributed by atoms with Gasteiger partial charge in [0.1, 0.15) is 24.7 Å². The molecule has 6 nitrogen and oxygen atoms in total. The summed E-state index contributed by atoms with van der Waals surface area (Å²) < 4.78 is 13.3. The van der Waals surface area contributed by atoms with Gasteiger partial charge < -0.3 is 30.7 Å². The van der Waals surface area contributed by atoms with Crippen molar-refractivity contribution in [2.24, 2.45) is 0 Å². The lowest BCUT2D eigenvalue weighted by Crippen LogP contribution is -2.11. The topological polar surface area (TPSA) is 66.6 Å². The van der Waals surface area contributed by atoms with Gasteiger partial charge in [0.15, 0.2) is 0 Å². The summed E-state index contributed by atoms with van der Waals surface area (Å²) in [6.07, 6.45) is 0. The van der Waals surface area contributed by atoms with Crippen molar-refractivity contribution >= 4 is 132 Å². The van der Waals surface area contributed by atoms with Gasteiger partial charge in [-0.15, -0.1) is 0 Å². The normalized spacial score (nSPS) is 11.5. The Morgan fingerprint density at radius 2 is 0.421 bits per heavy atom. The number of benzene rings is 14. The number of ether oxygens (including phenoxy) is 2. The maximum atomic E-state index is 6.64. The van der Waals surface area contributed by atoms with E-state index >= 15 is 0 Å². The first kappa shape index (κ1) is 44.6. The van der Waals surface area contributed by atoms with E-state index in [0.717, 1.165) is 56.3 Å². The standard InChI is InChI=1S/C70H50N4O2/c1-5-13-49-35-57-39-61(21-17-53(57)31-45(49)9-1)71-65-25-27-69(67(43-65)73-63-23-19-55-33-47-11-3-7-15-51(47)37-59(55)41-63)75-29-30-76-70-28-26-66(72-62-22-18-54-32-46-10-2-6-14-50(46)36-58(54)40-62)44-68(70)74-64-24-20-56-34-48-12-4-8-16-52(48)38-60(56)42-64/h1-28,31-44,71-74H,29-30H2. The van der Waals surface area contributed by atoms with E-state index in [1.165, 1.54) is 75.4 Å². The quantitative estimate of drug-likeness (QED) is 0.0682. The highest BCUT2D eigenvalue weighted by Gasteiger charge is 2.13. The first-order chi connectivity index (χ1) is 37.5. The second kappa shape index (κ2) is 19.1. The van der Waals surface area contributed by atoms with Crippen LogP contribution in [0.15, 0.2) is 255 Å². The Labute approximate surface area is 439 Å². The number of hydrogen-bond acceptors (Lipinski definition) is 6. The molecule has 0 bridgehead atoms. The van der Waals surface area contributed by atoms with Gasteiger partial charge in [0.05, 0.1) is 11.4 Å². The molecule has 0 unspecified atom stereocenters. The van der Waals surface area contributed by atoms with Crippen molar-refractivity contribution in [1.82, 2.24) is 0 Å². The average Bonchev–Trinajstić information content (AvgIpc) is 3.45. The molecule has 362 valence electrons. The molecule has 0 atom stereocenters. The molecule has 0 spiro atoms. The van der Waals surface area contributed by atoms with Crippen molar-refractivity contribution in [3.63, 3.8) is 0 Å². The first-order valence-corrected chi connectivity index (χ1v) is 25.8. The number of nitrogens with one attached hydrogen (secondary N) is 4. The maximum Gasteiger partial charge on any atom is 0.143 e. The molecular formula is C70H50N4O2. The zero-order chi connectivity index (χ0) is 50.4. The predicted molar refractivity (Wildman–Crippen MR) is 323 cm³/mol. The molecule has 0 fully saturated rings. The number of fused-ring (bicyclic) bond motifs is 8. The minimum absolute atomic E-state index is 0.304. The van der Waals surface area contributed by atoms with Crippen molar-refractivity contribution in [3.8, 4) is 11.5 Å². The van der Waals surface area contributed by atoms with Crippen LogP contribution in [-0.2, 0) is 0 Å². The third-order valence-corrected chi connectivity index (χ3v) is 14.5. The minimum Gasteiger partial charge on any atom is -0.488 e. The lowest BCUT2D eigenvalue weighted by molar-refractivity contribution is 0.218. The lowest BCUT2D eigenvalue weighted by atomic mass is 10.0. The zero-order valence-electron chi connectivity index (χ0n) is 41.5. The molecule has 0 heterocycles. The van der Waals surface area contributed by atoms with E-state index < -0.39 is 0 Å². The number of anilines is 8. The molecule has 0 saturated carbocycles. The molecule has 14 aromatic carbocycles. The predicted octanol–water partition coefficient (Wildman–Crippen LogP) is 19.3. The average molecular weight is 979 g/mol. The Kier molecular flexibility index (Phi) is 11.2. The molecule has 0 aliphatic rings. The smallest absolute Gasteiger partial charge is 0.143 e. The summed E-state index contributed by atoms with van der Waals surface area (Å²) >= 11 is 0. The molecule has 14 rings (SSSR count). The van der Waals surface area contributed by atoms with E-state index in [9.17, 15) is 0 Å². The molecule has 14 aromatic rings. The molecule has 0 radical (unpaired) electrons. The van der Waals surface area contributed by atoms with Gasteiger partial charge in [-0.3, -0.25) is 0 Å². The summed E-state index contributed by atoms with van der Waals surface area (Å²) in [5.74, 6) is 1.42. The molecule has 0 aliphatic heterocycles. The fraction of sp³-hybridized carbons (Fsp3) is 0.0286. The Morgan fingerprint density at radius 1 is 0.197 bits per heavy atom.